The van der Waals surface area contributed by atoms with Crippen molar-refractivity contribution in [1.29, 1.82) is 0 Å². The summed E-state index contributed by atoms with van der Waals surface area (Å²) < 4.78 is 0. The SMILES string of the molecule is CCC1CCC(C)N(Cc2cc(Cl)cc(Cl)c2O)C1. The molecule has 106 valence electrons. The fraction of sp³-hybridized carbons (Fsp3) is 0.600. The van der Waals surface area contributed by atoms with E-state index in [2.05, 4.69) is 18.7 Å². The van der Waals surface area contributed by atoms with Gasteiger partial charge in [-0.3, -0.25) is 4.90 Å². The lowest BCUT2D eigenvalue weighted by atomic mass is 9.91. The minimum absolute atomic E-state index is 0.164. The highest BCUT2D eigenvalue weighted by Crippen LogP contribution is 2.34. The van der Waals surface area contributed by atoms with Gasteiger partial charge in [0.2, 0.25) is 0 Å². The number of rotatable bonds is 3. The molecule has 1 saturated heterocycles. The maximum Gasteiger partial charge on any atom is 0.138 e. The summed E-state index contributed by atoms with van der Waals surface area (Å²) in [5.74, 6) is 0.921. The standard InChI is InChI=1S/C15H21Cl2NO/c1-3-11-5-4-10(2)18(8-11)9-12-6-13(16)7-14(17)15(12)19/h6-7,10-11,19H,3-5,8-9H2,1-2H3. The van der Waals surface area contributed by atoms with Crippen molar-refractivity contribution in [3.05, 3.63) is 27.7 Å². The zero-order valence-electron chi connectivity index (χ0n) is 11.5. The smallest absolute Gasteiger partial charge is 0.138 e. The van der Waals surface area contributed by atoms with Gasteiger partial charge in [-0.25, -0.2) is 0 Å². The Morgan fingerprint density at radius 2 is 2.05 bits per heavy atom. The van der Waals surface area contributed by atoms with Gasteiger partial charge in [0.15, 0.2) is 0 Å². The lowest BCUT2D eigenvalue weighted by molar-refractivity contribution is 0.107. The Hall–Kier alpha value is -0.440. The van der Waals surface area contributed by atoms with Crippen molar-refractivity contribution in [1.82, 2.24) is 4.90 Å². The summed E-state index contributed by atoms with van der Waals surface area (Å²) >= 11 is 12.0. The van der Waals surface area contributed by atoms with E-state index in [1.165, 1.54) is 19.3 Å². The number of halogens is 2. The first-order valence-electron chi connectivity index (χ1n) is 6.92. The molecule has 4 heteroatoms. The highest BCUT2D eigenvalue weighted by atomic mass is 35.5. The Kier molecular flexibility index (Phi) is 4.99. The molecule has 0 saturated carbocycles. The Labute approximate surface area is 125 Å². The molecule has 1 aromatic rings. The molecule has 1 N–H and O–H groups in total. The van der Waals surface area contributed by atoms with Gasteiger partial charge in [-0.2, -0.15) is 0 Å². The first kappa shape index (κ1) is 15.0. The number of nitrogens with zero attached hydrogens (tertiary/aromatic N) is 1. The molecule has 0 spiro atoms. The molecule has 1 aliphatic rings. The van der Waals surface area contributed by atoms with Crippen LogP contribution in [0.15, 0.2) is 12.1 Å². The van der Waals surface area contributed by atoms with E-state index in [1.807, 2.05) is 6.07 Å². The van der Waals surface area contributed by atoms with Crippen molar-refractivity contribution in [2.45, 2.75) is 45.7 Å². The third-order valence-electron chi connectivity index (χ3n) is 4.17. The predicted octanol–water partition coefficient (Wildman–Crippen LogP) is 4.71. The van der Waals surface area contributed by atoms with Crippen LogP contribution in [0.3, 0.4) is 0 Å². The van der Waals surface area contributed by atoms with Crippen LogP contribution in [0.1, 0.15) is 38.7 Å². The van der Waals surface area contributed by atoms with Crippen molar-refractivity contribution in [3.8, 4) is 5.75 Å². The summed E-state index contributed by atoms with van der Waals surface area (Å²) in [6, 6.07) is 3.93. The van der Waals surface area contributed by atoms with Gasteiger partial charge in [-0.05, 0) is 37.8 Å². The van der Waals surface area contributed by atoms with Gasteiger partial charge in [-0.15, -0.1) is 0 Å². The average molecular weight is 302 g/mol. The van der Waals surface area contributed by atoms with Crippen LogP contribution in [0.4, 0.5) is 0 Å². The van der Waals surface area contributed by atoms with Crippen LogP contribution in [-0.2, 0) is 6.54 Å². The van der Waals surface area contributed by atoms with E-state index in [0.29, 0.717) is 22.6 Å². The molecule has 2 rings (SSSR count). The molecule has 19 heavy (non-hydrogen) atoms. The molecular weight excluding hydrogens is 281 g/mol. The van der Waals surface area contributed by atoms with E-state index in [4.69, 9.17) is 23.2 Å². The highest BCUT2D eigenvalue weighted by molar-refractivity contribution is 6.35. The minimum atomic E-state index is 0.164. The van der Waals surface area contributed by atoms with Crippen molar-refractivity contribution in [2.24, 2.45) is 5.92 Å². The van der Waals surface area contributed by atoms with E-state index in [9.17, 15) is 5.11 Å². The largest absolute Gasteiger partial charge is 0.506 e. The van der Waals surface area contributed by atoms with Crippen molar-refractivity contribution >= 4 is 23.2 Å². The number of benzene rings is 1. The molecule has 2 unspecified atom stereocenters. The van der Waals surface area contributed by atoms with Gasteiger partial charge in [-0.1, -0.05) is 36.5 Å². The number of hydrogen-bond donors (Lipinski definition) is 1. The van der Waals surface area contributed by atoms with Gasteiger partial charge in [0.25, 0.3) is 0 Å². The van der Waals surface area contributed by atoms with E-state index in [1.54, 1.807) is 6.07 Å². The lowest BCUT2D eigenvalue weighted by Gasteiger charge is -2.38. The zero-order chi connectivity index (χ0) is 14.0. The molecule has 1 heterocycles. The van der Waals surface area contributed by atoms with Gasteiger partial charge in [0, 0.05) is 29.7 Å². The molecule has 2 nitrogen and oxygen atoms in total. The van der Waals surface area contributed by atoms with E-state index in [-0.39, 0.29) is 5.75 Å². The van der Waals surface area contributed by atoms with Crippen LogP contribution in [0.2, 0.25) is 10.0 Å². The Morgan fingerprint density at radius 3 is 2.74 bits per heavy atom. The van der Waals surface area contributed by atoms with Crippen LogP contribution in [0.25, 0.3) is 0 Å². The molecule has 0 bridgehead atoms. The minimum Gasteiger partial charge on any atom is -0.506 e. The average Bonchev–Trinajstić information content (AvgIpc) is 2.38. The first-order valence-corrected chi connectivity index (χ1v) is 7.67. The number of likely N-dealkylation sites (tertiary alicyclic amines) is 1. The summed E-state index contributed by atoms with van der Waals surface area (Å²) in [5, 5.41) is 11.0. The summed E-state index contributed by atoms with van der Waals surface area (Å²) in [5.41, 5.74) is 0.820. The third-order valence-corrected chi connectivity index (χ3v) is 4.67. The monoisotopic (exact) mass is 301 g/mol. The van der Waals surface area contributed by atoms with E-state index >= 15 is 0 Å². The molecular formula is C15H21Cl2NO. The maximum absolute atomic E-state index is 10.0. The number of phenolic OH excluding ortho intramolecular Hbond substituents is 1. The van der Waals surface area contributed by atoms with Gasteiger partial charge in [0.05, 0.1) is 5.02 Å². The Morgan fingerprint density at radius 1 is 1.32 bits per heavy atom. The zero-order valence-corrected chi connectivity index (χ0v) is 13.0. The molecule has 2 atom stereocenters. The van der Waals surface area contributed by atoms with Crippen LogP contribution < -0.4 is 0 Å². The summed E-state index contributed by atoms with van der Waals surface area (Å²) in [7, 11) is 0. The molecule has 1 aromatic carbocycles. The second kappa shape index (κ2) is 6.34. The predicted molar refractivity (Wildman–Crippen MR) is 81.0 cm³/mol. The van der Waals surface area contributed by atoms with Gasteiger partial charge in [0.1, 0.15) is 5.75 Å². The summed E-state index contributed by atoms with van der Waals surface area (Å²) in [4.78, 5) is 2.42. The first-order chi connectivity index (χ1) is 9.01. The van der Waals surface area contributed by atoms with Gasteiger partial charge < -0.3 is 5.11 Å². The Bertz CT molecular complexity index is 450. The van der Waals surface area contributed by atoms with Gasteiger partial charge >= 0.3 is 0 Å². The topological polar surface area (TPSA) is 23.5 Å². The fourth-order valence-electron chi connectivity index (χ4n) is 2.77. The van der Waals surface area contributed by atoms with Crippen LogP contribution >= 0.6 is 23.2 Å². The molecule has 0 radical (unpaired) electrons. The maximum atomic E-state index is 10.0. The number of hydrogen-bond acceptors (Lipinski definition) is 2. The van der Waals surface area contributed by atoms with Crippen molar-refractivity contribution in [3.63, 3.8) is 0 Å². The van der Waals surface area contributed by atoms with E-state index < -0.39 is 0 Å². The van der Waals surface area contributed by atoms with Crippen LogP contribution in [0, 0.1) is 5.92 Å². The van der Waals surface area contributed by atoms with Crippen LogP contribution in [0.5, 0.6) is 5.75 Å². The fourth-order valence-corrected chi connectivity index (χ4v) is 3.31. The second-order valence-corrected chi connectivity index (χ2v) is 6.37. The molecule has 0 aliphatic carbocycles. The molecule has 1 fully saturated rings. The third kappa shape index (κ3) is 3.56. The van der Waals surface area contributed by atoms with E-state index in [0.717, 1.165) is 18.0 Å². The molecule has 0 aromatic heterocycles. The second-order valence-electron chi connectivity index (χ2n) is 5.53. The quantitative estimate of drug-likeness (QED) is 0.874. The normalized spacial score (nSPS) is 24.6. The van der Waals surface area contributed by atoms with Crippen molar-refractivity contribution < 1.29 is 5.11 Å². The Balaban J connectivity index is 2.15. The summed E-state index contributed by atoms with van der Waals surface area (Å²) in [6.07, 6.45) is 3.73. The lowest BCUT2D eigenvalue weighted by Crippen LogP contribution is -2.41. The summed E-state index contributed by atoms with van der Waals surface area (Å²) in [6.45, 7) is 6.28. The number of phenols is 1. The van der Waals surface area contributed by atoms with Crippen LogP contribution in [-0.4, -0.2) is 22.6 Å². The molecule has 0 amide bonds. The number of piperidine rings is 1. The molecule has 1 aliphatic heterocycles. The van der Waals surface area contributed by atoms with Crippen molar-refractivity contribution in [2.75, 3.05) is 6.54 Å². The number of aromatic hydroxyl groups is 1. The highest BCUT2D eigenvalue weighted by Gasteiger charge is 2.25.